The van der Waals surface area contributed by atoms with E-state index in [4.69, 9.17) is 5.73 Å². The number of thiophene rings is 1. The lowest BCUT2D eigenvalue weighted by atomic mass is 10.2. The van der Waals surface area contributed by atoms with Crippen LogP contribution < -0.4 is 5.73 Å². The summed E-state index contributed by atoms with van der Waals surface area (Å²) in [4.78, 5) is 11.4. The fourth-order valence-electron chi connectivity index (χ4n) is 1.38. The van der Waals surface area contributed by atoms with Gasteiger partial charge in [0.25, 0.3) is 0 Å². The van der Waals surface area contributed by atoms with Crippen molar-refractivity contribution in [1.29, 1.82) is 0 Å². The van der Waals surface area contributed by atoms with Crippen LogP contribution in [0.4, 0.5) is 0 Å². The maximum absolute atomic E-state index is 11.4. The van der Waals surface area contributed by atoms with Gasteiger partial charge in [0.1, 0.15) is 0 Å². The number of rotatable bonds is 0. The summed E-state index contributed by atoms with van der Waals surface area (Å²) in [5.41, 5.74) is 7.53. The Labute approximate surface area is 90.4 Å². The van der Waals surface area contributed by atoms with Crippen LogP contribution in [0.3, 0.4) is 0 Å². The molecule has 0 saturated heterocycles. The first-order valence-corrected chi connectivity index (χ1v) is 5.78. The zero-order valence-electron chi connectivity index (χ0n) is 5.93. The van der Waals surface area contributed by atoms with Crippen molar-refractivity contribution in [1.82, 2.24) is 0 Å². The van der Waals surface area contributed by atoms with Crippen LogP contribution in [0.1, 0.15) is 28.4 Å². The van der Waals surface area contributed by atoms with Crippen LogP contribution in [0, 0.1) is 0 Å². The minimum atomic E-state index is -0.121. The van der Waals surface area contributed by atoms with Crippen molar-refractivity contribution < 1.29 is 4.79 Å². The summed E-state index contributed by atoms with van der Waals surface area (Å²) in [6.45, 7) is 0. The van der Waals surface area contributed by atoms with Crippen LogP contribution in [-0.2, 0) is 0 Å². The van der Waals surface area contributed by atoms with Crippen molar-refractivity contribution in [2.24, 2.45) is 5.73 Å². The molecule has 2 N–H and O–H groups in total. The number of hydrogen-bond acceptors (Lipinski definition) is 3. The first kappa shape index (κ1) is 8.87. The molecule has 12 heavy (non-hydrogen) atoms. The summed E-state index contributed by atoms with van der Waals surface area (Å²) in [6, 6.07) is -0.121. The van der Waals surface area contributed by atoms with Gasteiger partial charge in [-0.15, -0.1) is 11.3 Å². The van der Waals surface area contributed by atoms with Crippen molar-refractivity contribution in [2.45, 2.75) is 12.5 Å². The average molecular weight is 311 g/mol. The van der Waals surface area contributed by atoms with Gasteiger partial charge < -0.3 is 5.73 Å². The van der Waals surface area contributed by atoms with Gasteiger partial charge in [-0.05, 0) is 31.9 Å². The topological polar surface area (TPSA) is 43.1 Å². The first-order valence-electron chi connectivity index (χ1n) is 3.37. The Morgan fingerprint density at radius 2 is 2.08 bits per heavy atom. The third-order valence-corrected chi connectivity index (χ3v) is 4.49. The Bertz CT molecular complexity index is 361. The summed E-state index contributed by atoms with van der Waals surface area (Å²) in [5, 5.41) is 0. The summed E-state index contributed by atoms with van der Waals surface area (Å²) < 4.78 is 1.87. The summed E-state index contributed by atoms with van der Waals surface area (Å²) in [7, 11) is 0. The number of carbonyl (C=O) groups is 1. The molecule has 1 aliphatic rings. The molecule has 0 unspecified atom stereocenters. The van der Waals surface area contributed by atoms with Gasteiger partial charge in [0, 0.05) is 23.6 Å². The maximum Gasteiger partial charge on any atom is 0.167 e. The molecule has 0 saturated carbocycles. The highest BCUT2D eigenvalue weighted by Crippen LogP contribution is 2.45. The molecule has 0 spiro atoms. The van der Waals surface area contributed by atoms with Crippen LogP contribution in [0.25, 0.3) is 0 Å². The molecule has 1 heterocycles. The van der Waals surface area contributed by atoms with Crippen molar-refractivity contribution in [3.63, 3.8) is 0 Å². The van der Waals surface area contributed by atoms with Gasteiger partial charge in [-0.3, -0.25) is 4.79 Å². The molecular weight excluding hydrogens is 306 g/mol. The lowest BCUT2D eigenvalue weighted by Gasteiger charge is -1.99. The van der Waals surface area contributed by atoms with E-state index in [9.17, 15) is 4.79 Å². The number of hydrogen-bond donors (Lipinski definition) is 1. The molecule has 0 radical (unpaired) electrons. The van der Waals surface area contributed by atoms with Gasteiger partial charge in [-0.1, -0.05) is 0 Å². The van der Waals surface area contributed by atoms with E-state index in [2.05, 4.69) is 31.9 Å². The zero-order valence-corrected chi connectivity index (χ0v) is 9.92. The van der Waals surface area contributed by atoms with Crippen LogP contribution >= 0.6 is 43.2 Å². The minimum absolute atomic E-state index is 0.121. The van der Waals surface area contributed by atoms with E-state index in [0.717, 1.165) is 18.7 Å². The lowest BCUT2D eigenvalue weighted by Crippen LogP contribution is -2.05. The number of fused-ring (bicyclic) bond motifs is 1. The Morgan fingerprint density at radius 1 is 1.42 bits per heavy atom. The maximum atomic E-state index is 11.4. The van der Waals surface area contributed by atoms with Gasteiger partial charge in [0.2, 0.25) is 0 Å². The molecule has 0 bridgehead atoms. The predicted molar refractivity (Wildman–Crippen MR) is 55.6 cm³/mol. The highest BCUT2D eigenvalue weighted by atomic mass is 79.9. The largest absolute Gasteiger partial charge is 0.323 e. The molecule has 0 amide bonds. The SMILES string of the molecule is N[C@@H]1CC(=O)c2c(Br)sc(Br)c21. The van der Waals surface area contributed by atoms with E-state index < -0.39 is 0 Å². The Morgan fingerprint density at radius 3 is 2.67 bits per heavy atom. The number of Topliss-reactive ketones (excluding diaryl/α,β-unsaturated/α-hetero) is 1. The van der Waals surface area contributed by atoms with Crippen LogP contribution in [0.2, 0.25) is 0 Å². The van der Waals surface area contributed by atoms with Gasteiger partial charge in [0.15, 0.2) is 5.78 Å². The second-order valence-corrected chi connectivity index (χ2v) is 6.33. The molecule has 0 fully saturated rings. The van der Waals surface area contributed by atoms with Gasteiger partial charge >= 0.3 is 0 Å². The summed E-state index contributed by atoms with van der Waals surface area (Å²) in [5.74, 6) is 0.145. The zero-order chi connectivity index (χ0) is 8.88. The molecule has 1 aromatic heterocycles. The Hall–Kier alpha value is 0.290. The number of carbonyl (C=O) groups excluding carboxylic acids is 1. The smallest absolute Gasteiger partial charge is 0.167 e. The summed E-state index contributed by atoms with van der Waals surface area (Å²) >= 11 is 8.25. The van der Waals surface area contributed by atoms with Gasteiger partial charge in [-0.25, -0.2) is 0 Å². The van der Waals surface area contributed by atoms with Crippen LogP contribution in [0.5, 0.6) is 0 Å². The van der Waals surface area contributed by atoms with Crippen molar-refractivity contribution in [3.05, 3.63) is 18.7 Å². The third kappa shape index (κ3) is 1.11. The van der Waals surface area contributed by atoms with Gasteiger partial charge in [0.05, 0.1) is 7.57 Å². The molecule has 0 aromatic carbocycles. The first-order chi connectivity index (χ1) is 5.61. The highest BCUT2D eigenvalue weighted by Gasteiger charge is 2.32. The average Bonchev–Trinajstić information content (AvgIpc) is 2.38. The summed E-state index contributed by atoms with van der Waals surface area (Å²) in [6.07, 6.45) is 0.440. The molecule has 1 aromatic rings. The third-order valence-electron chi connectivity index (χ3n) is 1.91. The lowest BCUT2D eigenvalue weighted by molar-refractivity contribution is 0.0989. The second kappa shape index (κ2) is 2.90. The van der Waals surface area contributed by atoms with Crippen molar-refractivity contribution in [3.8, 4) is 0 Å². The minimum Gasteiger partial charge on any atom is -0.323 e. The molecule has 1 atom stereocenters. The fraction of sp³-hybridized carbons (Fsp3) is 0.286. The van der Waals surface area contributed by atoms with Crippen molar-refractivity contribution >= 4 is 49.0 Å². The molecule has 0 aliphatic heterocycles. The van der Waals surface area contributed by atoms with E-state index in [-0.39, 0.29) is 11.8 Å². The Balaban J connectivity index is 2.69. The van der Waals surface area contributed by atoms with Crippen molar-refractivity contribution in [2.75, 3.05) is 0 Å². The number of halogens is 2. The molecular formula is C7H5Br2NOS. The van der Waals surface area contributed by atoms with E-state index in [0.29, 0.717) is 6.42 Å². The second-order valence-electron chi connectivity index (χ2n) is 2.67. The van der Waals surface area contributed by atoms with Crippen LogP contribution in [-0.4, -0.2) is 5.78 Å². The van der Waals surface area contributed by atoms with E-state index in [1.165, 1.54) is 11.3 Å². The molecule has 2 rings (SSSR count). The number of ketones is 1. The molecule has 2 nitrogen and oxygen atoms in total. The quantitative estimate of drug-likeness (QED) is 0.800. The highest BCUT2D eigenvalue weighted by molar-refractivity contribution is 9.12. The van der Waals surface area contributed by atoms with E-state index in [1.54, 1.807) is 0 Å². The number of nitrogens with two attached hydrogens (primary N) is 1. The predicted octanol–water partition coefficient (Wildman–Crippen LogP) is 2.86. The normalized spacial score (nSPS) is 21.6. The van der Waals surface area contributed by atoms with E-state index >= 15 is 0 Å². The van der Waals surface area contributed by atoms with Gasteiger partial charge in [-0.2, -0.15) is 0 Å². The van der Waals surface area contributed by atoms with Crippen LogP contribution in [0.15, 0.2) is 7.57 Å². The van der Waals surface area contributed by atoms with E-state index in [1.807, 2.05) is 0 Å². The standard InChI is InChI=1S/C7H5Br2NOS/c8-6-4-2(10)1-3(11)5(4)7(9)12-6/h2H,1,10H2/t2-/m1/s1. The fourth-order valence-corrected chi connectivity index (χ4v) is 4.78. The molecule has 5 heteroatoms. The Kier molecular flexibility index (Phi) is 2.15. The monoisotopic (exact) mass is 309 g/mol. The molecule has 1 aliphatic carbocycles. The molecule has 64 valence electrons.